The molecule has 0 bridgehead atoms. The number of halogens is 1. The minimum absolute atomic E-state index is 0.0709. The van der Waals surface area contributed by atoms with Gasteiger partial charge in [-0.25, -0.2) is 4.39 Å². The highest BCUT2D eigenvalue weighted by atomic mass is 19.1. The number of carbonyl (C=O) groups is 2. The van der Waals surface area contributed by atoms with Crippen LogP contribution in [-0.2, 0) is 9.59 Å². The van der Waals surface area contributed by atoms with Crippen molar-refractivity contribution in [1.29, 1.82) is 0 Å². The highest BCUT2D eigenvalue weighted by Crippen LogP contribution is 2.20. The molecule has 1 saturated heterocycles. The van der Waals surface area contributed by atoms with Crippen LogP contribution in [0.15, 0.2) is 24.3 Å². The Hall–Kier alpha value is -2.11. The first-order chi connectivity index (χ1) is 11.5. The zero-order valence-corrected chi connectivity index (χ0v) is 14.1. The van der Waals surface area contributed by atoms with Crippen LogP contribution in [0.4, 0.5) is 4.39 Å². The minimum Gasteiger partial charge on any atom is -0.493 e. The van der Waals surface area contributed by atoms with Gasteiger partial charge in [0.15, 0.2) is 0 Å². The molecule has 1 aliphatic rings. The van der Waals surface area contributed by atoms with Crippen LogP contribution in [0.3, 0.4) is 0 Å². The Morgan fingerprint density at radius 3 is 2.79 bits per heavy atom. The molecule has 1 N–H and O–H groups in total. The molecule has 0 radical (unpaired) electrons. The van der Waals surface area contributed by atoms with E-state index in [4.69, 9.17) is 4.74 Å². The van der Waals surface area contributed by atoms with Crippen LogP contribution >= 0.6 is 0 Å². The monoisotopic (exact) mass is 336 g/mol. The van der Waals surface area contributed by atoms with Crippen LogP contribution in [-0.4, -0.2) is 43.0 Å². The van der Waals surface area contributed by atoms with Crippen molar-refractivity contribution in [3.05, 3.63) is 30.1 Å². The topological polar surface area (TPSA) is 58.6 Å². The molecule has 1 aromatic rings. The number of hydrogen-bond donors (Lipinski definition) is 1. The van der Waals surface area contributed by atoms with Crippen LogP contribution in [0.1, 0.15) is 32.6 Å². The number of carbonyl (C=O) groups excluding carboxylic acids is 2. The normalized spacial score (nSPS) is 17.4. The highest BCUT2D eigenvalue weighted by Gasteiger charge is 2.23. The molecule has 1 fully saturated rings. The molecule has 0 saturated carbocycles. The molecule has 1 aromatic carbocycles. The predicted molar refractivity (Wildman–Crippen MR) is 89.1 cm³/mol. The van der Waals surface area contributed by atoms with Crippen molar-refractivity contribution in [2.24, 2.45) is 5.92 Å². The molecule has 24 heavy (non-hydrogen) atoms. The van der Waals surface area contributed by atoms with E-state index in [1.165, 1.54) is 19.1 Å². The van der Waals surface area contributed by atoms with E-state index in [1.807, 2.05) is 4.90 Å². The first-order valence-electron chi connectivity index (χ1n) is 8.45. The number of benzene rings is 1. The molecule has 1 aliphatic heterocycles. The van der Waals surface area contributed by atoms with Crippen molar-refractivity contribution in [2.75, 3.05) is 26.2 Å². The molecular formula is C18H25FN2O3. The number of likely N-dealkylation sites (tertiary alicyclic amines) is 1. The van der Waals surface area contributed by atoms with E-state index in [2.05, 4.69) is 5.32 Å². The predicted octanol–water partition coefficient (Wildman–Crippen LogP) is 2.36. The number of piperidine rings is 1. The Labute approximate surface area is 142 Å². The standard InChI is InChI=1S/C18H25FN2O3/c1-14(22)20-10-2-5-18(23)21-11-3-4-15(12-21)13-24-17-8-6-16(19)7-9-17/h6-9,15H,2-5,10-13H2,1H3,(H,20,22). The van der Waals surface area contributed by atoms with Gasteiger partial charge in [0.2, 0.25) is 11.8 Å². The van der Waals surface area contributed by atoms with Crippen LogP contribution in [0.25, 0.3) is 0 Å². The number of ether oxygens (including phenoxy) is 1. The summed E-state index contributed by atoms with van der Waals surface area (Å²) in [5.74, 6) is 0.722. The third-order valence-corrected chi connectivity index (χ3v) is 4.11. The van der Waals surface area contributed by atoms with Gasteiger partial charge in [0.25, 0.3) is 0 Å². The third kappa shape index (κ3) is 6.18. The van der Waals surface area contributed by atoms with Crippen molar-refractivity contribution >= 4 is 11.8 Å². The number of amides is 2. The molecule has 6 heteroatoms. The summed E-state index contributed by atoms with van der Waals surface area (Å²) in [6.45, 7) is 4.01. The first-order valence-corrected chi connectivity index (χ1v) is 8.45. The van der Waals surface area contributed by atoms with Gasteiger partial charge in [-0.2, -0.15) is 0 Å². The Bertz CT molecular complexity index is 548. The zero-order valence-electron chi connectivity index (χ0n) is 14.1. The lowest BCUT2D eigenvalue weighted by Crippen LogP contribution is -2.41. The summed E-state index contributed by atoms with van der Waals surface area (Å²) in [5.41, 5.74) is 0. The summed E-state index contributed by atoms with van der Waals surface area (Å²) in [6.07, 6.45) is 3.10. The zero-order chi connectivity index (χ0) is 17.4. The van der Waals surface area contributed by atoms with Crippen molar-refractivity contribution in [3.63, 3.8) is 0 Å². The number of nitrogens with one attached hydrogen (secondary N) is 1. The molecule has 0 aliphatic carbocycles. The van der Waals surface area contributed by atoms with Gasteiger partial charge in [-0.3, -0.25) is 9.59 Å². The molecule has 0 spiro atoms. The smallest absolute Gasteiger partial charge is 0.222 e. The second kappa shape index (κ2) is 9.25. The van der Waals surface area contributed by atoms with Crippen molar-refractivity contribution in [3.8, 4) is 5.75 Å². The Kier molecular flexibility index (Phi) is 7.03. The number of rotatable bonds is 7. The van der Waals surface area contributed by atoms with E-state index in [-0.39, 0.29) is 17.6 Å². The summed E-state index contributed by atoms with van der Waals surface area (Å²) in [5, 5.41) is 2.70. The van der Waals surface area contributed by atoms with Gasteiger partial charge in [-0.05, 0) is 43.5 Å². The van der Waals surface area contributed by atoms with E-state index in [0.717, 1.165) is 19.4 Å². The molecule has 2 rings (SSSR count). The van der Waals surface area contributed by atoms with E-state index in [0.29, 0.717) is 44.2 Å². The maximum atomic E-state index is 12.9. The maximum absolute atomic E-state index is 12.9. The fourth-order valence-corrected chi connectivity index (χ4v) is 2.83. The van der Waals surface area contributed by atoms with E-state index < -0.39 is 0 Å². The lowest BCUT2D eigenvalue weighted by molar-refractivity contribution is -0.133. The van der Waals surface area contributed by atoms with Gasteiger partial charge in [-0.1, -0.05) is 0 Å². The van der Waals surface area contributed by atoms with Gasteiger partial charge in [0.05, 0.1) is 6.61 Å². The molecule has 132 valence electrons. The maximum Gasteiger partial charge on any atom is 0.222 e. The first kappa shape index (κ1) is 18.2. The average Bonchev–Trinajstić information content (AvgIpc) is 2.58. The molecule has 2 amide bonds. The Balaban J connectivity index is 1.71. The largest absolute Gasteiger partial charge is 0.493 e. The number of hydrogen-bond acceptors (Lipinski definition) is 3. The van der Waals surface area contributed by atoms with E-state index in [9.17, 15) is 14.0 Å². The Morgan fingerprint density at radius 1 is 1.33 bits per heavy atom. The van der Waals surface area contributed by atoms with Crippen LogP contribution in [0.5, 0.6) is 5.75 Å². The van der Waals surface area contributed by atoms with Gasteiger partial charge in [-0.15, -0.1) is 0 Å². The van der Waals surface area contributed by atoms with Gasteiger partial charge in [0, 0.05) is 38.9 Å². The molecule has 1 heterocycles. The van der Waals surface area contributed by atoms with Gasteiger partial charge < -0.3 is 15.0 Å². The minimum atomic E-state index is -0.281. The molecule has 1 atom stereocenters. The Morgan fingerprint density at radius 2 is 2.08 bits per heavy atom. The van der Waals surface area contributed by atoms with E-state index in [1.54, 1.807) is 12.1 Å². The second-order valence-electron chi connectivity index (χ2n) is 6.20. The van der Waals surface area contributed by atoms with Gasteiger partial charge in [0.1, 0.15) is 11.6 Å². The summed E-state index contributed by atoms with van der Waals surface area (Å²) in [6, 6.07) is 5.98. The number of nitrogens with zero attached hydrogens (tertiary/aromatic N) is 1. The highest BCUT2D eigenvalue weighted by molar-refractivity contribution is 5.76. The fourth-order valence-electron chi connectivity index (χ4n) is 2.83. The second-order valence-corrected chi connectivity index (χ2v) is 6.20. The lowest BCUT2D eigenvalue weighted by Gasteiger charge is -2.32. The molecule has 1 unspecified atom stereocenters. The van der Waals surface area contributed by atoms with Crippen LogP contribution in [0, 0.1) is 11.7 Å². The fraction of sp³-hybridized carbons (Fsp3) is 0.556. The van der Waals surface area contributed by atoms with E-state index >= 15 is 0 Å². The molecule has 5 nitrogen and oxygen atoms in total. The third-order valence-electron chi connectivity index (χ3n) is 4.11. The lowest BCUT2D eigenvalue weighted by atomic mass is 9.98. The van der Waals surface area contributed by atoms with Crippen molar-refractivity contribution < 1.29 is 18.7 Å². The van der Waals surface area contributed by atoms with Gasteiger partial charge >= 0.3 is 0 Å². The summed E-state index contributed by atoms with van der Waals surface area (Å²) < 4.78 is 18.6. The summed E-state index contributed by atoms with van der Waals surface area (Å²) >= 11 is 0. The quantitative estimate of drug-likeness (QED) is 0.778. The van der Waals surface area contributed by atoms with Crippen molar-refractivity contribution in [1.82, 2.24) is 10.2 Å². The average molecular weight is 336 g/mol. The SMILES string of the molecule is CC(=O)NCCCC(=O)N1CCCC(COc2ccc(F)cc2)C1. The van der Waals surface area contributed by atoms with Crippen LogP contribution < -0.4 is 10.1 Å². The van der Waals surface area contributed by atoms with Crippen LogP contribution in [0.2, 0.25) is 0 Å². The summed E-state index contributed by atoms with van der Waals surface area (Å²) in [7, 11) is 0. The summed E-state index contributed by atoms with van der Waals surface area (Å²) in [4.78, 5) is 24.9. The van der Waals surface area contributed by atoms with Crippen molar-refractivity contribution in [2.45, 2.75) is 32.6 Å². The molecule has 0 aromatic heterocycles. The molecular weight excluding hydrogens is 311 g/mol.